The molecule has 0 amide bonds. The number of para-hydroxylation sites is 1. The molecule has 16 heavy (non-hydrogen) atoms. The predicted octanol–water partition coefficient (Wildman–Crippen LogP) is 0.118. The average molecular weight is 217 g/mol. The zero-order valence-electron chi connectivity index (χ0n) is 8.75. The van der Waals surface area contributed by atoms with E-state index in [1.807, 2.05) is 18.2 Å². The Labute approximate surface area is 91.4 Å². The maximum atomic E-state index is 11.8. The van der Waals surface area contributed by atoms with E-state index in [4.69, 9.17) is 5.73 Å². The quantitative estimate of drug-likeness (QED) is 0.737. The number of nitrogens with zero attached hydrogens (tertiary/aromatic N) is 2. The van der Waals surface area contributed by atoms with E-state index in [-0.39, 0.29) is 5.69 Å². The monoisotopic (exact) mass is 217 g/mol. The summed E-state index contributed by atoms with van der Waals surface area (Å²) < 4.78 is 2.33. The minimum absolute atomic E-state index is 0.0472. The van der Waals surface area contributed by atoms with E-state index < -0.39 is 11.2 Å². The molecule has 82 valence electrons. The molecule has 0 saturated heterocycles. The number of anilines is 1. The van der Waals surface area contributed by atoms with Crippen LogP contribution >= 0.6 is 0 Å². The van der Waals surface area contributed by atoms with Crippen molar-refractivity contribution in [3.05, 3.63) is 57.4 Å². The highest BCUT2D eigenvalue weighted by Gasteiger charge is 2.06. The van der Waals surface area contributed by atoms with Gasteiger partial charge in [0.15, 0.2) is 0 Å². The second-order valence-electron chi connectivity index (χ2n) is 3.44. The maximum Gasteiger partial charge on any atom is 0.335 e. The zero-order valence-corrected chi connectivity index (χ0v) is 8.75. The first-order valence-electron chi connectivity index (χ1n) is 4.75. The molecule has 2 rings (SSSR count). The van der Waals surface area contributed by atoms with Crippen LogP contribution in [0.3, 0.4) is 0 Å². The number of hydrogen-bond acceptors (Lipinski definition) is 3. The predicted molar refractivity (Wildman–Crippen MR) is 61.7 cm³/mol. The molecule has 0 aliphatic carbocycles. The molecule has 1 aromatic carbocycles. The van der Waals surface area contributed by atoms with Gasteiger partial charge in [-0.15, -0.1) is 0 Å². The molecule has 0 spiro atoms. The van der Waals surface area contributed by atoms with E-state index in [0.717, 1.165) is 4.57 Å². The van der Waals surface area contributed by atoms with Gasteiger partial charge in [0.1, 0.15) is 5.69 Å². The standard InChI is InChI=1S/C11H11N3O2/c1-13-10(15)9(12)7-14(11(13)16)8-5-3-2-4-6-8/h2-7H,12H2,1H3. The van der Waals surface area contributed by atoms with Crippen molar-refractivity contribution in [3.8, 4) is 5.69 Å². The highest BCUT2D eigenvalue weighted by atomic mass is 16.2. The molecule has 1 heterocycles. The molecule has 2 N–H and O–H groups in total. The Bertz CT molecular complexity index is 626. The fraction of sp³-hybridized carbons (Fsp3) is 0.0909. The van der Waals surface area contributed by atoms with Crippen molar-refractivity contribution >= 4 is 5.69 Å². The third kappa shape index (κ3) is 1.52. The summed E-state index contributed by atoms with van der Waals surface area (Å²) in [5, 5.41) is 0. The number of nitrogens with two attached hydrogens (primary N) is 1. The van der Waals surface area contributed by atoms with E-state index in [0.29, 0.717) is 5.69 Å². The lowest BCUT2D eigenvalue weighted by molar-refractivity contribution is 0.733. The summed E-state index contributed by atoms with van der Waals surface area (Å²) in [7, 11) is 1.40. The number of rotatable bonds is 1. The third-order valence-corrected chi connectivity index (χ3v) is 2.35. The molecule has 0 bridgehead atoms. The minimum Gasteiger partial charge on any atom is -0.393 e. The van der Waals surface area contributed by atoms with Gasteiger partial charge in [-0.2, -0.15) is 0 Å². The molecule has 2 aromatic rings. The van der Waals surface area contributed by atoms with Gasteiger partial charge in [0.25, 0.3) is 5.56 Å². The molecule has 0 radical (unpaired) electrons. The van der Waals surface area contributed by atoms with Crippen molar-refractivity contribution in [1.29, 1.82) is 0 Å². The molecule has 0 unspecified atom stereocenters. The summed E-state index contributed by atoms with van der Waals surface area (Å²) in [4.78, 5) is 23.2. The van der Waals surface area contributed by atoms with Gasteiger partial charge in [-0.05, 0) is 12.1 Å². The van der Waals surface area contributed by atoms with Crippen LogP contribution in [0.25, 0.3) is 5.69 Å². The smallest absolute Gasteiger partial charge is 0.335 e. The lowest BCUT2D eigenvalue weighted by atomic mass is 10.3. The van der Waals surface area contributed by atoms with E-state index in [1.54, 1.807) is 12.1 Å². The molecule has 5 heteroatoms. The fourth-order valence-corrected chi connectivity index (χ4v) is 1.47. The average Bonchev–Trinajstić information content (AvgIpc) is 2.32. The minimum atomic E-state index is -0.475. The van der Waals surface area contributed by atoms with E-state index in [9.17, 15) is 9.59 Å². The summed E-state index contributed by atoms with van der Waals surface area (Å²) in [6.45, 7) is 0. The van der Waals surface area contributed by atoms with Crippen LogP contribution in [0.1, 0.15) is 0 Å². The van der Waals surface area contributed by atoms with Crippen LogP contribution in [0.15, 0.2) is 46.1 Å². The van der Waals surface area contributed by atoms with Crippen molar-refractivity contribution in [3.63, 3.8) is 0 Å². The SMILES string of the molecule is Cn1c(=O)c(N)cn(-c2ccccc2)c1=O. The molecule has 0 aliphatic rings. The van der Waals surface area contributed by atoms with E-state index in [2.05, 4.69) is 0 Å². The number of aromatic nitrogens is 2. The second-order valence-corrected chi connectivity index (χ2v) is 3.44. The summed E-state index contributed by atoms with van der Waals surface area (Å²) in [5.74, 6) is 0. The first-order valence-corrected chi connectivity index (χ1v) is 4.75. The second kappa shape index (κ2) is 3.69. The van der Waals surface area contributed by atoms with Gasteiger partial charge in [0.05, 0.1) is 5.69 Å². The molecule has 0 atom stereocenters. The molecule has 0 fully saturated rings. The van der Waals surface area contributed by atoms with Crippen LogP contribution in [0.2, 0.25) is 0 Å². The molecular weight excluding hydrogens is 206 g/mol. The Morgan fingerprint density at radius 1 is 1.12 bits per heavy atom. The first kappa shape index (κ1) is 10.2. The van der Waals surface area contributed by atoms with Crippen molar-refractivity contribution in [2.24, 2.45) is 7.05 Å². The largest absolute Gasteiger partial charge is 0.393 e. The van der Waals surface area contributed by atoms with Gasteiger partial charge in [0, 0.05) is 13.2 Å². The van der Waals surface area contributed by atoms with Crippen LogP contribution < -0.4 is 17.0 Å². The Morgan fingerprint density at radius 3 is 2.38 bits per heavy atom. The van der Waals surface area contributed by atoms with Crippen molar-refractivity contribution in [2.45, 2.75) is 0 Å². The number of benzene rings is 1. The summed E-state index contributed by atoms with van der Waals surface area (Å²) in [6, 6.07) is 9.00. The molecule has 5 nitrogen and oxygen atoms in total. The van der Waals surface area contributed by atoms with E-state index in [1.165, 1.54) is 17.8 Å². The van der Waals surface area contributed by atoms with Gasteiger partial charge in [-0.25, -0.2) is 4.79 Å². The third-order valence-electron chi connectivity index (χ3n) is 2.35. The summed E-state index contributed by atoms with van der Waals surface area (Å²) >= 11 is 0. The Balaban J connectivity index is 2.78. The Morgan fingerprint density at radius 2 is 1.75 bits per heavy atom. The van der Waals surface area contributed by atoms with Crippen molar-refractivity contribution < 1.29 is 0 Å². The van der Waals surface area contributed by atoms with Gasteiger partial charge in [-0.3, -0.25) is 13.9 Å². The Hall–Kier alpha value is -2.30. The van der Waals surface area contributed by atoms with Gasteiger partial charge < -0.3 is 5.73 Å². The highest BCUT2D eigenvalue weighted by molar-refractivity contribution is 5.38. The topological polar surface area (TPSA) is 70.0 Å². The zero-order chi connectivity index (χ0) is 11.7. The summed E-state index contributed by atoms with van der Waals surface area (Å²) in [5.41, 5.74) is 5.37. The van der Waals surface area contributed by atoms with Crippen molar-refractivity contribution in [2.75, 3.05) is 5.73 Å². The van der Waals surface area contributed by atoms with Crippen LogP contribution in [-0.4, -0.2) is 9.13 Å². The molecule has 0 aliphatic heterocycles. The first-order chi connectivity index (χ1) is 7.61. The Kier molecular flexibility index (Phi) is 2.36. The summed E-state index contributed by atoms with van der Waals surface area (Å²) in [6.07, 6.45) is 1.35. The lowest BCUT2D eigenvalue weighted by Gasteiger charge is -2.08. The van der Waals surface area contributed by atoms with Gasteiger partial charge in [-0.1, -0.05) is 18.2 Å². The molecule has 1 aromatic heterocycles. The lowest BCUT2D eigenvalue weighted by Crippen LogP contribution is -2.38. The fourth-order valence-electron chi connectivity index (χ4n) is 1.47. The number of hydrogen-bond donors (Lipinski definition) is 1. The number of nitrogen functional groups attached to an aromatic ring is 1. The van der Waals surface area contributed by atoms with Gasteiger partial charge in [0.2, 0.25) is 0 Å². The van der Waals surface area contributed by atoms with Crippen LogP contribution in [0.5, 0.6) is 0 Å². The van der Waals surface area contributed by atoms with Crippen LogP contribution in [0.4, 0.5) is 5.69 Å². The van der Waals surface area contributed by atoms with Gasteiger partial charge >= 0.3 is 5.69 Å². The van der Waals surface area contributed by atoms with Crippen molar-refractivity contribution in [1.82, 2.24) is 9.13 Å². The maximum absolute atomic E-state index is 11.8. The van der Waals surface area contributed by atoms with Crippen LogP contribution in [0, 0.1) is 0 Å². The molecule has 0 saturated carbocycles. The van der Waals surface area contributed by atoms with E-state index >= 15 is 0 Å². The molecular formula is C11H11N3O2. The highest BCUT2D eigenvalue weighted by Crippen LogP contribution is 2.03. The van der Waals surface area contributed by atoms with Crippen LogP contribution in [-0.2, 0) is 7.05 Å². The normalized spacial score (nSPS) is 10.3.